The lowest BCUT2D eigenvalue weighted by atomic mass is 9.71. The van der Waals surface area contributed by atoms with Gasteiger partial charge in [0, 0.05) is 50.8 Å². The average Bonchev–Trinajstić information content (AvgIpc) is 3.23. The fourth-order valence-corrected chi connectivity index (χ4v) is 4.02. The minimum absolute atomic E-state index is 0.0429. The third kappa shape index (κ3) is 3.16. The quantitative estimate of drug-likeness (QED) is 0.849. The van der Waals surface area contributed by atoms with E-state index < -0.39 is 0 Å². The zero-order chi connectivity index (χ0) is 17.3. The van der Waals surface area contributed by atoms with Crippen LogP contribution in [0.3, 0.4) is 0 Å². The predicted octanol–water partition coefficient (Wildman–Crippen LogP) is 2.03. The van der Waals surface area contributed by atoms with Crippen LogP contribution >= 0.6 is 0 Å². The summed E-state index contributed by atoms with van der Waals surface area (Å²) in [5.41, 5.74) is 1.64. The van der Waals surface area contributed by atoms with E-state index >= 15 is 0 Å². The third-order valence-corrected chi connectivity index (χ3v) is 5.52. The van der Waals surface area contributed by atoms with E-state index in [9.17, 15) is 4.79 Å². The van der Waals surface area contributed by atoms with E-state index in [0.29, 0.717) is 11.6 Å². The Morgan fingerprint density at radius 2 is 2.04 bits per heavy atom. The number of ether oxygens (including phenoxy) is 1. The molecule has 1 amide bonds. The van der Waals surface area contributed by atoms with Crippen LogP contribution in [0, 0.1) is 12.3 Å². The molecule has 2 aliphatic rings. The number of oxazole rings is 1. The number of nitrogens with zero attached hydrogens (tertiary/aromatic N) is 4. The summed E-state index contributed by atoms with van der Waals surface area (Å²) in [5.74, 6) is 0.477. The largest absolute Gasteiger partial charge is 0.448 e. The number of aromatic nitrogens is 3. The third-order valence-electron chi connectivity index (χ3n) is 5.52. The number of hydrogen-bond acceptors (Lipinski definition) is 6. The molecule has 0 unspecified atom stereocenters. The number of rotatable bonds is 3. The van der Waals surface area contributed by atoms with Crippen LogP contribution < -0.4 is 0 Å². The molecule has 1 atom stereocenters. The van der Waals surface area contributed by atoms with E-state index in [0.717, 1.165) is 50.9 Å². The van der Waals surface area contributed by atoms with Crippen molar-refractivity contribution in [1.29, 1.82) is 0 Å². The van der Waals surface area contributed by atoms with E-state index in [4.69, 9.17) is 9.15 Å². The molecule has 0 N–H and O–H groups in total. The molecule has 2 aliphatic heterocycles. The maximum atomic E-state index is 12.5. The molecule has 2 saturated heterocycles. The van der Waals surface area contributed by atoms with Crippen molar-refractivity contribution in [2.24, 2.45) is 5.41 Å². The molecule has 0 aromatic carbocycles. The van der Waals surface area contributed by atoms with Gasteiger partial charge < -0.3 is 14.1 Å². The zero-order valence-corrected chi connectivity index (χ0v) is 14.4. The molecule has 0 bridgehead atoms. The van der Waals surface area contributed by atoms with Gasteiger partial charge in [-0.05, 0) is 24.8 Å². The predicted molar refractivity (Wildman–Crippen MR) is 88.9 cm³/mol. The topological polar surface area (TPSA) is 81.4 Å². The summed E-state index contributed by atoms with van der Waals surface area (Å²) in [6.07, 6.45) is 10.7. The minimum atomic E-state index is -0.0429. The van der Waals surface area contributed by atoms with E-state index in [-0.39, 0.29) is 17.4 Å². The molecular weight excluding hydrogens is 320 g/mol. The summed E-state index contributed by atoms with van der Waals surface area (Å²) in [7, 11) is 0. The molecule has 2 fully saturated rings. The fraction of sp³-hybridized carbons (Fsp3) is 0.556. The first kappa shape index (κ1) is 16.2. The van der Waals surface area contributed by atoms with Crippen molar-refractivity contribution in [3.63, 3.8) is 0 Å². The van der Waals surface area contributed by atoms with E-state index in [2.05, 4.69) is 15.0 Å². The normalized spacial score (nSPS) is 22.4. The number of likely N-dealkylation sites (tertiary alicyclic amines) is 1. The molecule has 0 aliphatic carbocycles. The first-order valence-electron chi connectivity index (χ1n) is 8.73. The Bertz CT molecular complexity index is 738. The van der Waals surface area contributed by atoms with Gasteiger partial charge in [-0.1, -0.05) is 0 Å². The summed E-state index contributed by atoms with van der Waals surface area (Å²) in [5, 5.41) is 0. The van der Waals surface area contributed by atoms with Crippen LogP contribution in [0.15, 0.2) is 29.4 Å². The number of amides is 1. The molecule has 25 heavy (non-hydrogen) atoms. The molecule has 0 radical (unpaired) electrons. The Hall–Kier alpha value is -2.28. The van der Waals surface area contributed by atoms with Crippen molar-refractivity contribution in [1.82, 2.24) is 19.9 Å². The Kier molecular flexibility index (Phi) is 4.25. The number of carbonyl (C=O) groups is 1. The Morgan fingerprint density at radius 3 is 2.72 bits per heavy atom. The molecule has 1 spiro atoms. The maximum absolute atomic E-state index is 12.5. The van der Waals surface area contributed by atoms with Crippen LogP contribution in [0.4, 0.5) is 0 Å². The van der Waals surface area contributed by atoms with Gasteiger partial charge in [-0.15, -0.1) is 0 Å². The molecule has 7 nitrogen and oxygen atoms in total. The van der Waals surface area contributed by atoms with Gasteiger partial charge in [-0.25, -0.2) is 15.0 Å². The SMILES string of the molecule is Cc1nc(C(=O)N2CCC3(CCO[C@@H]3Cc3cncnc3)CC2)co1. The van der Waals surface area contributed by atoms with Crippen molar-refractivity contribution < 1.29 is 13.9 Å². The summed E-state index contributed by atoms with van der Waals surface area (Å²) in [6, 6.07) is 0. The second kappa shape index (κ2) is 6.55. The van der Waals surface area contributed by atoms with Crippen molar-refractivity contribution in [3.8, 4) is 0 Å². The lowest BCUT2D eigenvalue weighted by Gasteiger charge is -2.42. The second-order valence-electron chi connectivity index (χ2n) is 6.97. The molecule has 2 aromatic rings. The van der Waals surface area contributed by atoms with Crippen molar-refractivity contribution >= 4 is 5.91 Å². The molecule has 0 saturated carbocycles. The van der Waals surface area contributed by atoms with Gasteiger partial charge in [0.05, 0.1) is 6.10 Å². The Morgan fingerprint density at radius 1 is 1.28 bits per heavy atom. The van der Waals surface area contributed by atoms with Crippen molar-refractivity contribution in [3.05, 3.63) is 42.1 Å². The zero-order valence-electron chi connectivity index (χ0n) is 14.4. The van der Waals surface area contributed by atoms with Gasteiger partial charge in [-0.3, -0.25) is 4.79 Å². The van der Waals surface area contributed by atoms with Crippen LogP contribution in [0.1, 0.15) is 41.2 Å². The van der Waals surface area contributed by atoms with Crippen LogP contribution in [0.2, 0.25) is 0 Å². The number of aryl methyl sites for hydroxylation is 1. The lowest BCUT2D eigenvalue weighted by Crippen LogP contribution is -2.47. The Balaban J connectivity index is 1.42. The van der Waals surface area contributed by atoms with Gasteiger partial charge in [-0.2, -0.15) is 0 Å². The smallest absolute Gasteiger partial charge is 0.275 e. The van der Waals surface area contributed by atoms with Crippen LogP contribution in [0.5, 0.6) is 0 Å². The molecule has 2 aromatic heterocycles. The number of piperidine rings is 1. The van der Waals surface area contributed by atoms with Crippen LogP contribution in [-0.2, 0) is 11.2 Å². The van der Waals surface area contributed by atoms with Gasteiger partial charge in [0.2, 0.25) is 0 Å². The molecular formula is C18H22N4O3. The summed E-state index contributed by atoms with van der Waals surface area (Å²) in [4.78, 5) is 26.8. The van der Waals surface area contributed by atoms with E-state index in [1.165, 1.54) is 6.26 Å². The number of carbonyl (C=O) groups excluding carboxylic acids is 1. The first-order chi connectivity index (χ1) is 12.2. The fourth-order valence-electron chi connectivity index (χ4n) is 4.02. The minimum Gasteiger partial charge on any atom is -0.448 e. The average molecular weight is 342 g/mol. The summed E-state index contributed by atoms with van der Waals surface area (Å²) < 4.78 is 11.2. The van der Waals surface area contributed by atoms with Gasteiger partial charge in [0.15, 0.2) is 11.6 Å². The van der Waals surface area contributed by atoms with Crippen LogP contribution in [-0.4, -0.2) is 51.6 Å². The standard InChI is InChI=1S/C18H22N4O3/c1-13-21-15(11-25-13)17(23)22-5-2-18(3-6-22)4-7-24-16(18)8-14-9-19-12-20-10-14/h9-12,16H,2-8H2,1H3/t16-/m1/s1. The highest BCUT2D eigenvalue weighted by Crippen LogP contribution is 2.45. The summed E-state index contributed by atoms with van der Waals surface area (Å²) in [6.45, 7) is 4.00. The molecule has 4 rings (SSSR count). The second-order valence-corrected chi connectivity index (χ2v) is 6.97. The molecule has 7 heteroatoms. The van der Waals surface area contributed by atoms with Gasteiger partial charge >= 0.3 is 0 Å². The number of hydrogen-bond donors (Lipinski definition) is 0. The van der Waals surface area contributed by atoms with Crippen molar-refractivity contribution in [2.45, 2.75) is 38.7 Å². The maximum Gasteiger partial charge on any atom is 0.275 e. The van der Waals surface area contributed by atoms with Crippen molar-refractivity contribution in [2.75, 3.05) is 19.7 Å². The van der Waals surface area contributed by atoms with Crippen LogP contribution in [0.25, 0.3) is 0 Å². The molecule has 132 valence electrons. The highest BCUT2D eigenvalue weighted by Gasteiger charge is 2.46. The molecule has 4 heterocycles. The van der Waals surface area contributed by atoms with E-state index in [1.54, 1.807) is 13.3 Å². The highest BCUT2D eigenvalue weighted by molar-refractivity contribution is 5.92. The monoisotopic (exact) mass is 342 g/mol. The highest BCUT2D eigenvalue weighted by atomic mass is 16.5. The van der Waals surface area contributed by atoms with Gasteiger partial charge in [0.1, 0.15) is 12.6 Å². The summed E-state index contributed by atoms with van der Waals surface area (Å²) >= 11 is 0. The van der Waals surface area contributed by atoms with E-state index in [1.807, 2.05) is 17.3 Å². The Labute approximate surface area is 146 Å². The lowest BCUT2D eigenvalue weighted by molar-refractivity contribution is 0.00961. The first-order valence-corrected chi connectivity index (χ1v) is 8.73. The van der Waals surface area contributed by atoms with Gasteiger partial charge in [0.25, 0.3) is 5.91 Å².